The fraction of sp³-hybridized carbons (Fsp3) is 0.688. The SMILES string of the molecule is CC=C(C)CCC=C(C)COC(=O)CCCN(C)C. The van der Waals surface area contributed by atoms with E-state index >= 15 is 0 Å². The van der Waals surface area contributed by atoms with Crippen molar-refractivity contribution in [2.45, 2.75) is 46.5 Å². The highest BCUT2D eigenvalue weighted by molar-refractivity contribution is 5.69. The molecule has 0 unspecified atom stereocenters. The average Bonchev–Trinajstić information content (AvgIpc) is 2.35. The molecule has 0 fully saturated rings. The summed E-state index contributed by atoms with van der Waals surface area (Å²) in [5, 5.41) is 0. The molecule has 0 aliphatic carbocycles. The normalized spacial score (nSPS) is 12.9. The zero-order valence-electron chi connectivity index (χ0n) is 13.2. The number of carbonyl (C=O) groups excluding carboxylic acids is 1. The number of hydrogen-bond acceptors (Lipinski definition) is 3. The molecule has 3 nitrogen and oxygen atoms in total. The van der Waals surface area contributed by atoms with Gasteiger partial charge in [-0.1, -0.05) is 17.7 Å². The molecule has 0 spiro atoms. The van der Waals surface area contributed by atoms with Crippen LogP contribution in [0.1, 0.15) is 46.5 Å². The summed E-state index contributed by atoms with van der Waals surface area (Å²) in [7, 11) is 4.01. The lowest BCUT2D eigenvalue weighted by Gasteiger charge is -2.09. The molecule has 0 aromatic carbocycles. The van der Waals surface area contributed by atoms with Crippen LogP contribution in [0.25, 0.3) is 0 Å². The second-order valence-electron chi connectivity index (χ2n) is 5.29. The van der Waals surface area contributed by atoms with Gasteiger partial charge < -0.3 is 9.64 Å². The van der Waals surface area contributed by atoms with Crippen LogP contribution in [-0.4, -0.2) is 38.1 Å². The van der Waals surface area contributed by atoms with E-state index < -0.39 is 0 Å². The predicted molar refractivity (Wildman–Crippen MR) is 81.2 cm³/mol. The van der Waals surface area contributed by atoms with Crippen molar-refractivity contribution in [3.05, 3.63) is 23.3 Å². The third-order valence-corrected chi connectivity index (χ3v) is 2.97. The smallest absolute Gasteiger partial charge is 0.306 e. The number of ether oxygens (including phenoxy) is 1. The molecule has 19 heavy (non-hydrogen) atoms. The fourth-order valence-electron chi connectivity index (χ4n) is 1.56. The lowest BCUT2D eigenvalue weighted by Crippen LogP contribution is -2.15. The molecule has 0 saturated heterocycles. The van der Waals surface area contributed by atoms with E-state index in [1.165, 1.54) is 5.57 Å². The summed E-state index contributed by atoms with van der Waals surface area (Å²) in [5.74, 6) is -0.0979. The first-order valence-electron chi connectivity index (χ1n) is 7.03. The summed E-state index contributed by atoms with van der Waals surface area (Å²) in [6, 6.07) is 0. The first kappa shape index (κ1) is 17.9. The van der Waals surface area contributed by atoms with Gasteiger partial charge >= 0.3 is 5.97 Å². The summed E-state index contributed by atoms with van der Waals surface area (Å²) in [6.45, 7) is 7.55. The van der Waals surface area contributed by atoms with Crippen molar-refractivity contribution in [3.8, 4) is 0 Å². The van der Waals surface area contributed by atoms with E-state index in [0.717, 1.165) is 31.4 Å². The molecule has 0 N–H and O–H groups in total. The van der Waals surface area contributed by atoms with Crippen LogP contribution in [0.5, 0.6) is 0 Å². The minimum atomic E-state index is -0.0979. The molecule has 0 bridgehead atoms. The molecule has 0 atom stereocenters. The van der Waals surface area contributed by atoms with Crippen LogP contribution in [-0.2, 0) is 9.53 Å². The van der Waals surface area contributed by atoms with E-state index in [1.807, 2.05) is 21.0 Å². The monoisotopic (exact) mass is 267 g/mol. The number of allylic oxidation sites excluding steroid dienone is 3. The van der Waals surface area contributed by atoms with Gasteiger partial charge in [-0.25, -0.2) is 0 Å². The number of nitrogens with zero attached hydrogens (tertiary/aromatic N) is 1. The van der Waals surface area contributed by atoms with E-state index in [4.69, 9.17) is 4.74 Å². The van der Waals surface area contributed by atoms with Crippen LogP contribution in [0.15, 0.2) is 23.3 Å². The average molecular weight is 267 g/mol. The molecule has 0 heterocycles. The molecule has 3 heteroatoms. The molecule has 0 aromatic rings. The van der Waals surface area contributed by atoms with E-state index in [9.17, 15) is 4.79 Å². The van der Waals surface area contributed by atoms with Crippen LogP contribution < -0.4 is 0 Å². The lowest BCUT2D eigenvalue weighted by molar-refractivity contribution is -0.142. The third kappa shape index (κ3) is 11.7. The molecule has 0 rings (SSSR count). The van der Waals surface area contributed by atoms with Crippen molar-refractivity contribution in [1.82, 2.24) is 4.90 Å². The highest BCUT2D eigenvalue weighted by Gasteiger charge is 2.03. The van der Waals surface area contributed by atoms with Gasteiger partial charge in [-0.3, -0.25) is 4.79 Å². The summed E-state index contributed by atoms with van der Waals surface area (Å²) >= 11 is 0. The number of hydrogen-bond donors (Lipinski definition) is 0. The maximum atomic E-state index is 11.5. The van der Waals surface area contributed by atoms with Crippen LogP contribution in [0, 0.1) is 0 Å². The Kier molecular flexibility index (Phi) is 10.2. The molecule has 0 aliphatic heterocycles. The van der Waals surface area contributed by atoms with Gasteiger partial charge in [0.15, 0.2) is 0 Å². The van der Waals surface area contributed by atoms with Crippen molar-refractivity contribution < 1.29 is 9.53 Å². The lowest BCUT2D eigenvalue weighted by atomic mass is 10.1. The maximum absolute atomic E-state index is 11.5. The standard InChI is InChI=1S/C16H29NO2/c1-6-14(2)9-7-10-15(3)13-19-16(18)11-8-12-17(4)5/h6,10H,7-9,11-13H2,1-5H3. The molecule has 0 radical (unpaired) electrons. The van der Waals surface area contributed by atoms with Gasteiger partial charge in [0.1, 0.15) is 6.61 Å². The van der Waals surface area contributed by atoms with E-state index in [-0.39, 0.29) is 5.97 Å². The molecular formula is C16H29NO2. The van der Waals surface area contributed by atoms with Gasteiger partial charge in [-0.2, -0.15) is 0 Å². The van der Waals surface area contributed by atoms with Crippen molar-refractivity contribution in [2.75, 3.05) is 27.2 Å². The van der Waals surface area contributed by atoms with Crippen molar-refractivity contribution >= 4 is 5.97 Å². The van der Waals surface area contributed by atoms with Gasteiger partial charge in [0.25, 0.3) is 0 Å². The number of carbonyl (C=O) groups is 1. The summed E-state index contributed by atoms with van der Waals surface area (Å²) in [5.41, 5.74) is 2.52. The van der Waals surface area contributed by atoms with Crippen molar-refractivity contribution in [1.29, 1.82) is 0 Å². The first-order valence-corrected chi connectivity index (χ1v) is 7.03. The fourth-order valence-corrected chi connectivity index (χ4v) is 1.56. The first-order chi connectivity index (χ1) is 8.95. The van der Waals surface area contributed by atoms with Gasteiger partial charge in [-0.05, 0) is 66.2 Å². The molecule has 0 aliphatic rings. The largest absolute Gasteiger partial charge is 0.461 e. The Balaban J connectivity index is 3.73. The Morgan fingerprint density at radius 3 is 2.42 bits per heavy atom. The van der Waals surface area contributed by atoms with Crippen LogP contribution in [0.4, 0.5) is 0 Å². The molecule has 110 valence electrons. The van der Waals surface area contributed by atoms with Crippen molar-refractivity contribution in [2.24, 2.45) is 0 Å². The second-order valence-corrected chi connectivity index (χ2v) is 5.29. The highest BCUT2D eigenvalue weighted by Crippen LogP contribution is 2.07. The van der Waals surface area contributed by atoms with Crippen LogP contribution in [0.2, 0.25) is 0 Å². The summed E-state index contributed by atoms with van der Waals surface area (Å²) in [4.78, 5) is 13.6. The number of rotatable bonds is 9. The van der Waals surface area contributed by atoms with Crippen LogP contribution >= 0.6 is 0 Å². The summed E-state index contributed by atoms with van der Waals surface area (Å²) < 4.78 is 5.23. The van der Waals surface area contributed by atoms with E-state index in [2.05, 4.69) is 30.9 Å². The molecule has 0 amide bonds. The molecular weight excluding hydrogens is 238 g/mol. The van der Waals surface area contributed by atoms with Gasteiger partial charge in [0.2, 0.25) is 0 Å². The Labute approximate surface area is 118 Å². The summed E-state index contributed by atoms with van der Waals surface area (Å²) in [6.07, 6.45) is 7.73. The Morgan fingerprint density at radius 2 is 1.84 bits per heavy atom. The Morgan fingerprint density at radius 1 is 1.16 bits per heavy atom. The number of esters is 1. The minimum absolute atomic E-state index is 0.0979. The van der Waals surface area contributed by atoms with Gasteiger partial charge in [-0.15, -0.1) is 0 Å². The van der Waals surface area contributed by atoms with Crippen molar-refractivity contribution in [3.63, 3.8) is 0 Å². The van der Waals surface area contributed by atoms with E-state index in [0.29, 0.717) is 13.0 Å². The predicted octanol–water partition coefficient (Wildman–Crippen LogP) is 3.56. The zero-order chi connectivity index (χ0) is 14.7. The van der Waals surface area contributed by atoms with E-state index in [1.54, 1.807) is 0 Å². The van der Waals surface area contributed by atoms with Gasteiger partial charge in [0.05, 0.1) is 0 Å². The van der Waals surface area contributed by atoms with Gasteiger partial charge in [0, 0.05) is 6.42 Å². The minimum Gasteiger partial charge on any atom is -0.461 e. The highest BCUT2D eigenvalue weighted by atomic mass is 16.5. The van der Waals surface area contributed by atoms with Crippen LogP contribution in [0.3, 0.4) is 0 Å². The topological polar surface area (TPSA) is 29.5 Å². The Bertz CT molecular complexity index is 317. The molecule has 0 saturated carbocycles. The maximum Gasteiger partial charge on any atom is 0.306 e. The zero-order valence-corrected chi connectivity index (χ0v) is 13.2. The Hall–Kier alpha value is -1.09. The third-order valence-electron chi connectivity index (χ3n) is 2.97. The quantitative estimate of drug-likeness (QED) is 0.472. The molecule has 0 aromatic heterocycles. The second kappa shape index (κ2) is 10.8.